The number of hydrogen-bond donors (Lipinski definition) is 1. The van der Waals surface area contributed by atoms with Crippen LogP contribution in [0.2, 0.25) is 0 Å². The molecule has 1 aromatic heterocycles. The number of amides is 2. The Balaban J connectivity index is 1.59. The van der Waals surface area contributed by atoms with E-state index in [2.05, 4.69) is 22.5 Å². The van der Waals surface area contributed by atoms with E-state index in [1.165, 1.54) is 6.08 Å². The van der Waals surface area contributed by atoms with Crippen LogP contribution in [0.25, 0.3) is 0 Å². The molecule has 3 heterocycles. The topological polar surface area (TPSA) is 63.6 Å². The number of fused-ring (bicyclic) bond motifs is 2. The molecule has 25 heavy (non-hydrogen) atoms. The van der Waals surface area contributed by atoms with Crippen LogP contribution in [0.5, 0.6) is 0 Å². The lowest BCUT2D eigenvalue weighted by Gasteiger charge is -2.52. The lowest BCUT2D eigenvalue weighted by atomic mass is 9.88. The number of benzene rings is 1. The standard InChI is InChI=1S/C19H19N3O3/c1-2-17(23)20-15-7-5-14(6-8-15)18(24)22-11-10-21-9-3-4-16(21)19(22)12-25-13-19/h2-9H,1,10-13H2,(H,20,23). The van der Waals surface area contributed by atoms with Gasteiger partial charge in [-0.2, -0.15) is 0 Å². The predicted octanol–water partition coefficient (Wildman–Crippen LogP) is 1.99. The van der Waals surface area contributed by atoms with Gasteiger partial charge in [-0.15, -0.1) is 0 Å². The van der Waals surface area contributed by atoms with Crippen LogP contribution in [-0.2, 0) is 21.6 Å². The van der Waals surface area contributed by atoms with Crippen LogP contribution in [0.1, 0.15) is 16.1 Å². The molecule has 128 valence electrons. The molecule has 4 rings (SSSR count). The maximum atomic E-state index is 13.1. The molecule has 0 aliphatic carbocycles. The summed E-state index contributed by atoms with van der Waals surface area (Å²) in [4.78, 5) is 26.4. The first-order chi connectivity index (χ1) is 12.1. The van der Waals surface area contributed by atoms with Crippen LogP contribution < -0.4 is 5.32 Å². The van der Waals surface area contributed by atoms with Gasteiger partial charge in [0.1, 0.15) is 5.54 Å². The number of ether oxygens (including phenoxy) is 1. The normalized spacial score (nSPS) is 17.5. The van der Waals surface area contributed by atoms with E-state index in [4.69, 9.17) is 4.74 Å². The summed E-state index contributed by atoms with van der Waals surface area (Å²) in [7, 11) is 0. The average Bonchev–Trinajstić information content (AvgIpc) is 3.08. The van der Waals surface area contributed by atoms with Gasteiger partial charge in [0.05, 0.1) is 13.2 Å². The Morgan fingerprint density at radius 1 is 1.16 bits per heavy atom. The van der Waals surface area contributed by atoms with Crippen LogP contribution in [0.15, 0.2) is 55.3 Å². The highest BCUT2D eigenvalue weighted by molar-refractivity contribution is 6.00. The van der Waals surface area contributed by atoms with E-state index in [0.717, 1.165) is 12.2 Å². The Morgan fingerprint density at radius 3 is 2.56 bits per heavy atom. The zero-order valence-corrected chi connectivity index (χ0v) is 13.8. The van der Waals surface area contributed by atoms with Crippen LogP contribution in [0, 0.1) is 0 Å². The maximum absolute atomic E-state index is 13.1. The zero-order valence-electron chi connectivity index (χ0n) is 13.8. The Bertz CT molecular complexity index is 834. The van der Waals surface area contributed by atoms with Crippen LogP contribution in [0.3, 0.4) is 0 Å². The first kappa shape index (κ1) is 15.7. The second-order valence-corrected chi connectivity index (χ2v) is 6.34. The second-order valence-electron chi connectivity index (χ2n) is 6.34. The van der Waals surface area contributed by atoms with Crippen LogP contribution in [0.4, 0.5) is 5.69 Å². The Kier molecular flexibility index (Phi) is 3.69. The molecule has 0 atom stereocenters. The van der Waals surface area contributed by atoms with Gasteiger partial charge in [-0.1, -0.05) is 6.58 Å². The maximum Gasteiger partial charge on any atom is 0.254 e. The highest BCUT2D eigenvalue weighted by atomic mass is 16.5. The predicted molar refractivity (Wildman–Crippen MR) is 93.2 cm³/mol. The third kappa shape index (κ3) is 2.46. The molecule has 0 bridgehead atoms. The summed E-state index contributed by atoms with van der Waals surface area (Å²) in [6.45, 7) is 5.90. The number of hydrogen-bond acceptors (Lipinski definition) is 3. The highest BCUT2D eigenvalue weighted by Gasteiger charge is 2.51. The van der Waals surface area contributed by atoms with Gasteiger partial charge in [-0.3, -0.25) is 9.59 Å². The number of nitrogens with one attached hydrogen (secondary N) is 1. The molecule has 1 fully saturated rings. The molecule has 2 amide bonds. The van der Waals surface area contributed by atoms with Gasteiger partial charge < -0.3 is 19.5 Å². The fourth-order valence-corrected chi connectivity index (χ4v) is 3.53. The molecule has 2 aliphatic rings. The third-order valence-corrected chi connectivity index (χ3v) is 4.90. The van der Waals surface area contributed by atoms with Gasteiger partial charge in [-0.25, -0.2) is 0 Å². The zero-order chi connectivity index (χ0) is 17.4. The second kappa shape index (κ2) is 5.89. The minimum atomic E-state index is -0.367. The van der Waals surface area contributed by atoms with E-state index in [1.807, 2.05) is 17.2 Å². The molecule has 6 heteroatoms. The fourth-order valence-electron chi connectivity index (χ4n) is 3.53. The van der Waals surface area contributed by atoms with Crippen molar-refractivity contribution in [3.8, 4) is 0 Å². The van der Waals surface area contributed by atoms with Crippen molar-refractivity contribution in [3.05, 3.63) is 66.5 Å². The van der Waals surface area contributed by atoms with Gasteiger partial charge in [0.15, 0.2) is 0 Å². The van der Waals surface area contributed by atoms with Crippen molar-refractivity contribution >= 4 is 17.5 Å². The van der Waals surface area contributed by atoms with Crippen molar-refractivity contribution in [1.82, 2.24) is 9.47 Å². The van der Waals surface area contributed by atoms with Gasteiger partial charge in [0.2, 0.25) is 5.91 Å². The average molecular weight is 337 g/mol. The molecule has 1 spiro atoms. The van der Waals surface area contributed by atoms with Gasteiger partial charge in [-0.05, 0) is 42.5 Å². The Labute approximate surface area is 145 Å². The summed E-state index contributed by atoms with van der Waals surface area (Å²) in [6.07, 6.45) is 3.26. The van der Waals surface area contributed by atoms with Gasteiger partial charge in [0.25, 0.3) is 5.91 Å². The van der Waals surface area contributed by atoms with Crippen molar-refractivity contribution in [3.63, 3.8) is 0 Å². The van der Waals surface area contributed by atoms with E-state index in [9.17, 15) is 9.59 Å². The molecule has 0 unspecified atom stereocenters. The lowest BCUT2D eigenvalue weighted by molar-refractivity contribution is -0.142. The quantitative estimate of drug-likeness (QED) is 0.871. The lowest BCUT2D eigenvalue weighted by Crippen LogP contribution is -2.64. The minimum absolute atomic E-state index is 0.0163. The number of carbonyl (C=O) groups excluding carboxylic acids is 2. The summed E-state index contributed by atoms with van der Waals surface area (Å²) in [6, 6.07) is 11.0. The van der Waals surface area contributed by atoms with E-state index in [0.29, 0.717) is 31.0 Å². The van der Waals surface area contributed by atoms with Crippen molar-refractivity contribution < 1.29 is 14.3 Å². The molecule has 2 aromatic rings. The summed E-state index contributed by atoms with van der Waals surface area (Å²) in [5.41, 5.74) is 2.00. The SMILES string of the molecule is C=CC(=O)Nc1ccc(C(=O)N2CCn3cccc3C23COC3)cc1. The molecule has 1 saturated heterocycles. The van der Waals surface area contributed by atoms with Gasteiger partial charge >= 0.3 is 0 Å². The Morgan fingerprint density at radius 2 is 1.92 bits per heavy atom. The summed E-state index contributed by atoms with van der Waals surface area (Å²) in [5, 5.41) is 2.68. The summed E-state index contributed by atoms with van der Waals surface area (Å²) < 4.78 is 7.66. The molecule has 6 nitrogen and oxygen atoms in total. The van der Waals surface area contributed by atoms with E-state index >= 15 is 0 Å². The van der Waals surface area contributed by atoms with E-state index in [-0.39, 0.29) is 17.4 Å². The van der Waals surface area contributed by atoms with Gasteiger partial charge in [0, 0.05) is 36.2 Å². The fraction of sp³-hybridized carbons (Fsp3) is 0.263. The number of nitrogens with zero attached hydrogens (tertiary/aromatic N) is 2. The number of carbonyl (C=O) groups is 2. The van der Waals surface area contributed by atoms with Crippen molar-refractivity contribution in [2.45, 2.75) is 12.1 Å². The van der Waals surface area contributed by atoms with Crippen molar-refractivity contribution in [2.24, 2.45) is 0 Å². The number of anilines is 1. The van der Waals surface area contributed by atoms with Crippen LogP contribution >= 0.6 is 0 Å². The van der Waals surface area contributed by atoms with E-state index < -0.39 is 0 Å². The summed E-state index contributed by atoms with van der Waals surface area (Å²) >= 11 is 0. The molecular weight excluding hydrogens is 318 g/mol. The monoisotopic (exact) mass is 337 g/mol. The molecule has 1 N–H and O–H groups in total. The minimum Gasteiger partial charge on any atom is -0.376 e. The van der Waals surface area contributed by atoms with Crippen LogP contribution in [-0.4, -0.2) is 41.0 Å². The first-order valence-electron chi connectivity index (χ1n) is 8.23. The molecule has 1 aromatic carbocycles. The van der Waals surface area contributed by atoms with Crippen molar-refractivity contribution in [1.29, 1.82) is 0 Å². The largest absolute Gasteiger partial charge is 0.376 e. The Hall–Kier alpha value is -2.86. The summed E-state index contributed by atoms with van der Waals surface area (Å²) in [5.74, 6) is -0.293. The number of aromatic nitrogens is 1. The van der Waals surface area contributed by atoms with Crippen molar-refractivity contribution in [2.75, 3.05) is 25.1 Å². The molecule has 2 aliphatic heterocycles. The molecule has 0 radical (unpaired) electrons. The highest BCUT2D eigenvalue weighted by Crippen LogP contribution is 2.39. The third-order valence-electron chi connectivity index (χ3n) is 4.90. The first-order valence-corrected chi connectivity index (χ1v) is 8.23. The molecule has 0 saturated carbocycles. The number of rotatable bonds is 3. The van der Waals surface area contributed by atoms with E-state index in [1.54, 1.807) is 24.3 Å². The molecular formula is C19H19N3O3. The smallest absolute Gasteiger partial charge is 0.254 e.